The lowest BCUT2D eigenvalue weighted by atomic mass is 10.0. The van der Waals surface area contributed by atoms with Crippen molar-refractivity contribution < 1.29 is 0 Å². The van der Waals surface area contributed by atoms with Crippen LogP contribution in [0.1, 0.15) is 55.6 Å². The van der Waals surface area contributed by atoms with E-state index >= 15 is 0 Å². The van der Waals surface area contributed by atoms with Crippen molar-refractivity contribution in [1.29, 1.82) is 0 Å². The summed E-state index contributed by atoms with van der Waals surface area (Å²) < 4.78 is 0.811. The van der Waals surface area contributed by atoms with Gasteiger partial charge in [0.05, 0.1) is 0 Å². The van der Waals surface area contributed by atoms with Gasteiger partial charge < -0.3 is 10.3 Å². The van der Waals surface area contributed by atoms with Gasteiger partial charge in [0.25, 0.3) is 0 Å². The molecule has 1 aromatic rings. The van der Waals surface area contributed by atoms with Crippen LogP contribution in [0.2, 0.25) is 0 Å². The molecule has 0 radical (unpaired) electrons. The van der Waals surface area contributed by atoms with Crippen molar-refractivity contribution in [3.63, 3.8) is 0 Å². The van der Waals surface area contributed by atoms with Gasteiger partial charge in [-0.2, -0.15) is 0 Å². The molecule has 2 aliphatic rings. The first-order valence-corrected chi connectivity index (χ1v) is 7.51. The highest BCUT2D eigenvalue weighted by Gasteiger charge is 2.27. The van der Waals surface area contributed by atoms with Crippen molar-refractivity contribution in [2.45, 2.75) is 51.5 Å². The molecule has 0 amide bonds. The Balaban J connectivity index is 1.89. The Hall–Kier alpha value is -0.740. The first-order chi connectivity index (χ1) is 8.78. The van der Waals surface area contributed by atoms with E-state index in [4.69, 9.17) is 12.2 Å². The van der Waals surface area contributed by atoms with Crippen LogP contribution in [0, 0.1) is 10.6 Å². The fourth-order valence-electron chi connectivity index (χ4n) is 3.27. The maximum Gasteiger partial charge on any atom is 0.134 e. The summed E-state index contributed by atoms with van der Waals surface area (Å²) in [4.78, 5) is 8.23. The molecule has 1 aliphatic heterocycles. The van der Waals surface area contributed by atoms with E-state index in [1.807, 2.05) is 0 Å². The van der Waals surface area contributed by atoms with E-state index in [-0.39, 0.29) is 0 Å². The SMILES string of the molecule is CCC1CCC(c2nc(=S)c3c([nH]2)CCNC3)C1. The minimum atomic E-state index is 0.608. The number of fused-ring (bicyclic) bond motifs is 1. The number of nitrogens with one attached hydrogen (secondary N) is 2. The van der Waals surface area contributed by atoms with Crippen molar-refractivity contribution in [2.75, 3.05) is 6.54 Å². The van der Waals surface area contributed by atoms with Crippen molar-refractivity contribution >= 4 is 12.2 Å². The molecule has 2 N–H and O–H groups in total. The van der Waals surface area contributed by atoms with Crippen molar-refractivity contribution in [1.82, 2.24) is 15.3 Å². The van der Waals surface area contributed by atoms with Crippen LogP contribution in [0.3, 0.4) is 0 Å². The van der Waals surface area contributed by atoms with Crippen molar-refractivity contribution in [3.8, 4) is 0 Å². The Labute approximate surface area is 113 Å². The molecular formula is C14H21N3S. The number of aromatic amines is 1. The zero-order valence-corrected chi connectivity index (χ0v) is 11.8. The molecule has 1 aliphatic carbocycles. The maximum absolute atomic E-state index is 5.45. The van der Waals surface area contributed by atoms with Crippen LogP contribution in [0.15, 0.2) is 0 Å². The van der Waals surface area contributed by atoms with Gasteiger partial charge in [-0.15, -0.1) is 0 Å². The summed E-state index contributed by atoms with van der Waals surface area (Å²) in [6, 6.07) is 0. The smallest absolute Gasteiger partial charge is 0.134 e. The lowest BCUT2D eigenvalue weighted by molar-refractivity contribution is 0.514. The summed E-state index contributed by atoms with van der Waals surface area (Å²) in [5.74, 6) is 2.64. The summed E-state index contributed by atoms with van der Waals surface area (Å²) in [7, 11) is 0. The Morgan fingerprint density at radius 1 is 1.39 bits per heavy atom. The third-order valence-corrected chi connectivity index (χ3v) is 4.82. The average Bonchev–Trinajstić information content (AvgIpc) is 2.87. The highest BCUT2D eigenvalue weighted by Crippen LogP contribution is 2.38. The van der Waals surface area contributed by atoms with E-state index < -0.39 is 0 Å². The molecule has 1 aromatic heterocycles. The molecule has 1 fully saturated rings. The van der Waals surface area contributed by atoms with Crippen LogP contribution in [-0.2, 0) is 13.0 Å². The minimum Gasteiger partial charge on any atom is -0.347 e. The Morgan fingerprint density at radius 2 is 2.28 bits per heavy atom. The number of nitrogens with zero attached hydrogens (tertiary/aromatic N) is 1. The summed E-state index contributed by atoms with van der Waals surface area (Å²) >= 11 is 5.45. The molecule has 0 aromatic carbocycles. The molecule has 98 valence electrons. The fraction of sp³-hybridized carbons (Fsp3) is 0.714. The number of H-pyrrole nitrogens is 1. The van der Waals surface area contributed by atoms with Crippen molar-refractivity contribution in [2.24, 2.45) is 5.92 Å². The monoisotopic (exact) mass is 263 g/mol. The van der Waals surface area contributed by atoms with Crippen LogP contribution < -0.4 is 5.32 Å². The number of hydrogen-bond donors (Lipinski definition) is 2. The van der Waals surface area contributed by atoms with Gasteiger partial charge in [0.15, 0.2) is 0 Å². The Morgan fingerprint density at radius 3 is 3.06 bits per heavy atom. The lowest BCUT2D eigenvalue weighted by Crippen LogP contribution is -2.26. The van der Waals surface area contributed by atoms with Crippen LogP contribution in [0.5, 0.6) is 0 Å². The summed E-state index contributed by atoms with van der Waals surface area (Å²) in [6.45, 7) is 4.21. The summed E-state index contributed by atoms with van der Waals surface area (Å²) in [5.41, 5.74) is 2.54. The predicted octanol–water partition coefficient (Wildman–Crippen LogP) is 3.08. The minimum absolute atomic E-state index is 0.608. The van der Waals surface area contributed by atoms with E-state index in [2.05, 4.69) is 22.2 Å². The van der Waals surface area contributed by atoms with Crippen molar-refractivity contribution in [3.05, 3.63) is 21.7 Å². The quantitative estimate of drug-likeness (QED) is 0.806. The van der Waals surface area contributed by atoms with E-state index in [1.165, 1.54) is 36.9 Å². The molecule has 4 heteroatoms. The second-order valence-corrected chi connectivity index (χ2v) is 5.98. The first kappa shape index (κ1) is 12.3. The molecule has 0 bridgehead atoms. The zero-order valence-electron chi connectivity index (χ0n) is 11.0. The molecule has 3 rings (SSSR count). The topological polar surface area (TPSA) is 40.7 Å². The zero-order chi connectivity index (χ0) is 12.5. The third-order valence-electron chi connectivity index (χ3n) is 4.48. The van der Waals surface area contributed by atoms with Gasteiger partial charge >= 0.3 is 0 Å². The largest absolute Gasteiger partial charge is 0.347 e. The number of hydrogen-bond acceptors (Lipinski definition) is 3. The maximum atomic E-state index is 5.45. The Bertz CT molecular complexity index is 494. The van der Waals surface area contributed by atoms with Gasteiger partial charge in [-0.3, -0.25) is 0 Å². The van der Waals surface area contributed by atoms with E-state index in [1.54, 1.807) is 0 Å². The second kappa shape index (κ2) is 5.10. The van der Waals surface area contributed by atoms with Crippen LogP contribution in [0.25, 0.3) is 0 Å². The summed E-state index contributed by atoms with van der Waals surface area (Å²) in [6.07, 6.45) is 6.26. The highest BCUT2D eigenvalue weighted by atomic mass is 32.1. The third kappa shape index (κ3) is 2.24. The van der Waals surface area contributed by atoms with Crippen LogP contribution >= 0.6 is 12.2 Å². The molecule has 3 nitrogen and oxygen atoms in total. The Kier molecular flexibility index (Phi) is 3.48. The molecule has 2 heterocycles. The van der Waals surface area contributed by atoms with E-state index in [0.29, 0.717) is 5.92 Å². The second-order valence-electron chi connectivity index (χ2n) is 5.60. The first-order valence-electron chi connectivity index (χ1n) is 7.10. The average molecular weight is 263 g/mol. The molecule has 1 saturated carbocycles. The van der Waals surface area contributed by atoms with E-state index in [9.17, 15) is 0 Å². The van der Waals surface area contributed by atoms with E-state index in [0.717, 1.165) is 35.9 Å². The van der Waals surface area contributed by atoms with Gasteiger partial charge in [0.1, 0.15) is 10.5 Å². The molecule has 0 spiro atoms. The van der Waals surface area contributed by atoms with Crippen LogP contribution in [0.4, 0.5) is 0 Å². The fourth-order valence-corrected chi connectivity index (χ4v) is 3.57. The number of rotatable bonds is 2. The molecule has 0 saturated heterocycles. The summed E-state index contributed by atoms with van der Waals surface area (Å²) in [5, 5.41) is 3.36. The lowest BCUT2D eigenvalue weighted by Gasteiger charge is -2.19. The molecular weight excluding hydrogens is 242 g/mol. The van der Waals surface area contributed by atoms with Crippen LogP contribution in [-0.4, -0.2) is 16.5 Å². The number of aromatic nitrogens is 2. The molecule has 2 atom stereocenters. The normalized spacial score (nSPS) is 27.2. The molecule has 18 heavy (non-hydrogen) atoms. The van der Waals surface area contributed by atoms with Gasteiger partial charge in [-0.05, 0) is 25.2 Å². The predicted molar refractivity (Wildman–Crippen MR) is 75.2 cm³/mol. The van der Waals surface area contributed by atoms with Gasteiger partial charge in [-0.25, -0.2) is 4.98 Å². The van der Waals surface area contributed by atoms with Gasteiger partial charge in [0, 0.05) is 36.7 Å². The molecule has 2 unspecified atom stereocenters. The van der Waals surface area contributed by atoms with Gasteiger partial charge in [0.2, 0.25) is 0 Å². The highest BCUT2D eigenvalue weighted by molar-refractivity contribution is 7.71. The van der Waals surface area contributed by atoms with Gasteiger partial charge in [-0.1, -0.05) is 25.6 Å². The standard InChI is InChI=1S/C14H21N3S/c1-2-9-3-4-10(7-9)13-16-12-5-6-15-8-11(12)14(18)17-13/h9-10,15H,2-8H2,1H3,(H,16,17,18).